The van der Waals surface area contributed by atoms with Crippen molar-refractivity contribution in [2.24, 2.45) is 0 Å². The van der Waals surface area contributed by atoms with Gasteiger partial charge in [-0.1, -0.05) is 23.9 Å². The predicted octanol–water partition coefficient (Wildman–Crippen LogP) is 2.17. The first kappa shape index (κ1) is 18.5. The summed E-state index contributed by atoms with van der Waals surface area (Å²) in [5.74, 6) is -1.39. The number of thioether (sulfide) groups is 1. The van der Waals surface area contributed by atoms with E-state index in [1.807, 2.05) is 18.2 Å². The van der Waals surface area contributed by atoms with Crippen LogP contribution in [0.3, 0.4) is 0 Å². The Morgan fingerprint density at radius 3 is 2.44 bits per heavy atom. The Labute approximate surface area is 158 Å². The van der Waals surface area contributed by atoms with Gasteiger partial charge in [0, 0.05) is 5.56 Å². The molecule has 0 unspecified atom stereocenters. The highest BCUT2D eigenvalue weighted by Crippen LogP contribution is 2.22. The van der Waals surface area contributed by atoms with Gasteiger partial charge < -0.3 is 9.15 Å². The van der Waals surface area contributed by atoms with Crippen LogP contribution >= 0.6 is 11.8 Å². The summed E-state index contributed by atoms with van der Waals surface area (Å²) in [4.78, 5) is 39.5. The zero-order valence-corrected chi connectivity index (χ0v) is 15.0. The van der Waals surface area contributed by atoms with E-state index in [2.05, 4.69) is 20.6 Å². The highest BCUT2D eigenvalue weighted by molar-refractivity contribution is 7.99. The van der Waals surface area contributed by atoms with Crippen LogP contribution in [-0.4, -0.2) is 35.6 Å². The van der Waals surface area contributed by atoms with Gasteiger partial charge in [-0.3, -0.25) is 20.4 Å². The normalized spacial score (nSPS) is 10.4. The number of carbonyl (C=O) groups is 3. The fourth-order valence-corrected chi connectivity index (χ4v) is 2.79. The van der Waals surface area contributed by atoms with Crippen LogP contribution in [0.5, 0.6) is 0 Å². The van der Waals surface area contributed by atoms with Gasteiger partial charge in [0.15, 0.2) is 5.58 Å². The number of amides is 2. The number of benzene rings is 2. The molecule has 0 bridgehead atoms. The van der Waals surface area contributed by atoms with Crippen molar-refractivity contribution in [3.63, 3.8) is 0 Å². The molecular formula is C18H15N3O5S. The molecule has 2 aromatic carbocycles. The third-order valence-corrected chi connectivity index (χ3v) is 4.31. The molecule has 0 fully saturated rings. The largest absolute Gasteiger partial charge is 0.465 e. The number of oxazole rings is 1. The van der Waals surface area contributed by atoms with Crippen molar-refractivity contribution >= 4 is 40.6 Å². The van der Waals surface area contributed by atoms with Crippen LogP contribution in [0.1, 0.15) is 20.7 Å². The zero-order chi connectivity index (χ0) is 19.2. The van der Waals surface area contributed by atoms with Crippen molar-refractivity contribution in [1.82, 2.24) is 15.8 Å². The fraction of sp³-hybridized carbons (Fsp3) is 0.111. The number of ether oxygens (including phenoxy) is 1. The number of rotatable bonds is 5. The number of hydrogen-bond donors (Lipinski definition) is 2. The van der Waals surface area contributed by atoms with Crippen molar-refractivity contribution in [3.8, 4) is 0 Å². The smallest absolute Gasteiger partial charge is 0.337 e. The lowest BCUT2D eigenvalue weighted by atomic mass is 10.1. The molecule has 3 rings (SSSR count). The average molecular weight is 385 g/mol. The van der Waals surface area contributed by atoms with Crippen LogP contribution in [0.25, 0.3) is 11.1 Å². The van der Waals surface area contributed by atoms with Crippen molar-refractivity contribution in [2.75, 3.05) is 12.9 Å². The monoisotopic (exact) mass is 385 g/mol. The van der Waals surface area contributed by atoms with Gasteiger partial charge in [0.05, 0.1) is 18.4 Å². The molecule has 2 N–H and O–H groups in total. The molecule has 9 heteroatoms. The lowest BCUT2D eigenvalue weighted by molar-refractivity contribution is -0.119. The maximum atomic E-state index is 12.0. The first-order valence-electron chi connectivity index (χ1n) is 7.83. The minimum Gasteiger partial charge on any atom is -0.465 e. The summed E-state index contributed by atoms with van der Waals surface area (Å²) >= 11 is 1.12. The number of para-hydroxylation sites is 2. The molecule has 8 nitrogen and oxygen atoms in total. The molecule has 0 atom stereocenters. The summed E-state index contributed by atoms with van der Waals surface area (Å²) in [6.07, 6.45) is 0. The number of aromatic nitrogens is 1. The Bertz CT molecular complexity index is 951. The van der Waals surface area contributed by atoms with E-state index < -0.39 is 17.8 Å². The Hall–Kier alpha value is -3.33. The van der Waals surface area contributed by atoms with E-state index in [1.54, 1.807) is 6.07 Å². The molecule has 1 heterocycles. The lowest BCUT2D eigenvalue weighted by Gasteiger charge is -2.07. The second kappa shape index (κ2) is 8.37. The van der Waals surface area contributed by atoms with Crippen LogP contribution < -0.4 is 10.9 Å². The number of esters is 1. The predicted molar refractivity (Wildman–Crippen MR) is 98.1 cm³/mol. The summed E-state index contributed by atoms with van der Waals surface area (Å²) in [7, 11) is 1.28. The minimum atomic E-state index is -0.508. The second-order valence-electron chi connectivity index (χ2n) is 5.31. The summed E-state index contributed by atoms with van der Waals surface area (Å²) in [5.41, 5.74) is 6.59. The quantitative estimate of drug-likeness (QED) is 0.393. The molecule has 0 saturated heterocycles. The Morgan fingerprint density at radius 1 is 1.04 bits per heavy atom. The van der Waals surface area contributed by atoms with E-state index in [9.17, 15) is 14.4 Å². The van der Waals surface area contributed by atoms with Gasteiger partial charge in [-0.15, -0.1) is 0 Å². The number of hydrogen-bond acceptors (Lipinski definition) is 7. The van der Waals surface area contributed by atoms with Gasteiger partial charge in [-0.2, -0.15) is 0 Å². The highest BCUT2D eigenvalue weighted by atomic mass is 32.2. The van der Waals surface area contributed by atoms with Crippen LogP contribution in [0, 0.1) is 0 Å². The summed E-state index contributed by atoms with van der Waals surface area (Å²) in [5, 5.41) is 0.371. The topological polar surface area (TPSA) is 111 Å². The second-order valence-corrected chi connectivity index (χ2v) is 6.23. The van der Waals surface area contributed by atoms with Gasteiger partial charge in [0.2, 0.25) is 5.91 Å². The molecule has 0 saturated carbocycles. The van der Waals surface area contributed by atoms with Crippen molar-refractivity contribution in [1.29, 1.82) is 0 Å². The van der Waals surface area contributed by atoms with E-state index in [1.165, 1.54) is 31.4 Å². The zero-order valence-electron chi connectivity index (χ0n) is 14.2. The Balaban J connectivity index is 1.48. The third-order valence-electron chi connectivity index (χ3n) is 3.48. The molecule has 0 radical (unpaired) electrons. The molecule has 27 heavy (non-hydrogen) atoms. The van der Waals surface area contributed by atoms with E-state index >= 15 is 0 Å². The van der Waals surface area contributed by atoms with Crippen molar-refractivity contribution in [3.05, 3.63) is 59.7 Å². The number of hydrazine groups is 1. The molecule has 2 amide bonds. The molecule has 1 aromatic heterocycles. The molecule has 3 aromatic rings. The molecule has 0 aliphatic carbocycles. The molecule has 138 valence electrons. The fourth-order valence-electron chi connectivity index (χ4n) is 2.15. The van der Waals surface area contributed by atoms with Gasteiger partial charge in [0.25, 0.3) is 11.1 Å². The maximum Gasteiger partial charge on any atom is 0.337 e. The van der Waals surface area contributed by atoms with E-state index in [4.69, 9.17) is 4.42 Å². The molecule has 0 spiro atoms. The highest BCUT2D eigenvalue weighted by Gasteiger charge is 2.12. The number of fused-ring (bicyclic) bond motifs is 1. The summed E-state index contributed by atoms with van der Waals surface area (Å²) in [6.45, 7) is 0. The maximum absolute atomic E-state index is 12.0. The van der Waals surface area contributed by atoms with Crippen LogP contribution in [0.2, 0.25) is 0 Å². The van der Waals surface area contributed by atoms with Gasteiger partial charge in [-0.25, -0.2) is 9.78 Å². The first-order chi connectivity index (χ1) is 13.1. The van der Waals surface area contributed by atoms with Crippen LogP contribution in [0.15, 0.2) is 58.2 Å². The van der Waals surface area contributed by atoms with Gasteiger partial charge >= 0.3 is 5.97 Å². The lowest BCUT2D eigenvalue weighted by Crippen LogP contribution is -2.42. The number of carbonyl (C=O) groups excluding carboxylic acids is 3. The van der Waals surface area contributed by atoms with Gasteiger partial charge in [0.1, 0.15) is 5.52 Å². The van der Waals surface area contributed by atoms with Crippen molar-refractivity contribution in [2.45, 2.75) is 5.22 Å². The number of nitrogens with one attached hydrogen (secondary N) is 2. The molecular weight excluding hydrogens is 370 g/mol. The third kappa shape index (κ3) is 4.64. The summed E-state index contributed by atoms with van der Waals surface area (Å²) < 4.78 is 10.1. The summed E-state index contributed by atoms with van der Waals surface area (Å²) in [6, 6.07) is 13.1. The van der Waals surface area contributed by atoms with E-state index in [0.717, 1.165) is 11.8 Å². The average Bonchev–Trinajstić information content (AvgIpc) is 3.13. The van der Waals surface area contributed by atoms with Gasteiger partial charge in [-0.05, 0) is 36.4 Å². The standard InChI is InChI=1S/C18H15N3O5S/c1-25-17(24)12-8-6-11(7-9-12)16(23)21-20-15(22)10-27-18-19-13-4-2-3-5-14(13)26-18/h2-9H,10H2,1H3,(H,20,22)(H,21,23). The van der Waals surface area contributed by atoms with E-state index in [-0.39, 0.29) is 11.3 Å². The SMILES string of the molecule is COC(=O)c1ccc(C(=O)NNC(=O)CSc2nc3ccccc3o2)cc1. The Morgan fingerprint density at radius 2 is 1.74 bits per heavy atom. The van der Waals surface area contributed by atoms with Crippen molar-refractivity contribution < 1.29 is 23.5 Å². The first-order valence-corrected chi connectivity index (χ1v) is 8.81. The van der Waals surface area contributed by atoms with Crippen LogP contribution in [-0.2, 0) is 9.53 Å². The number of methoxy groups -OCH3 is 1. The number of nitrogens with zero attached hydrogens (tertiary/aromatic N) is 1. The Kier molecular flexibility index (Phi) is 5.72. The molecule has 0 aliphatic rings. The van der Waals surface area contributed by atoms with Crippen LogP contribution in [0.4, 0.5) is 0 Å². The molecule has 0 aliphatic heterocycles. The minimum absolute atomic E-state index is 0.0222. The van der Waals surface area contributed by atoms with E-state index in [0.29, 0.717) is 21.9 Å².